The fourth-order valence-corrected chi connectivity index (χ4v) is 0.487. The zero-order chi connectivity index (χ0) is 6.95. The van der Waals surface area contributed by atoms with Gasteiger partial charge in [-0.3, -0.25) is 0 Å². The number of aliphatic hydroxyl groups is 2. The molecule has 0 aromatic heterocycles. The average molecular weight is 142 g/mol. The SMILES string of the molecule is OCC#CSC#CCO. The zero-order valence-electron chi connectivity index (χ0n) is 4.72. The molecule has 0 aliphatic heterocycles. The molecule has 0 amide bonds. The van der Waals surface area contributed by atoms with E-state index in [1.807, 2.05) is 0 Å². The lowest BCUT2D eigenvalue weighted by molar-refractivity contribution is 0.350. The van der Waals surface area contributed by atoms with Gasteiger partial charge < -0.3 is 10.2 Å². The Morgan fingerprint density at radius 2 is 1.44 bits per heavy atom. The molecule has 0 atom stereocenters. The fourth-order valence-electron chi connectivity index (χ4n) is 0.162. The molecule has 0 saturated heterocycles. The van der Waals surface area contributed by atoms with Gasteiger partial charge in [-0.05, 0) is 10.5 Å². The maximum Gasteiger partial charge on any atom is 0.105 e. The summed E-state index contributed by atoms with van der Waals surface area (Å²) in [7, 11) is 0. The first-order valence-electron chi connectivity index (χ1n) is 2.25. The molecule has 0 heterocycles. The lowest BCUT2D eigenvalue weighted by atomic mass is 10.8. The van der Waals surface area contributed by atoms with E-state index in [2.05, 4.69) is 22.3 Å². The molecule has 0 aromatic rings. The predicted octanol–water partition coefficient (Wildman–Crippen LogP) is -0.374. The normalized spacial score (nSPS) is 6.44. The van der Waals surface area contributed by atoms with Crippen molar-refractivity contribution >= 4 is 11.8 Å². The second-order valence-corrected chi connectivity index (χ2v) is 1.59. The summed E-state index contributed by atoms with van der Waals surface area (Å²) in [6, 6.07) is 0. The summed E-state index contributed by atoms with van der Waals surface area (Å²) < 4.78 is 0. The van der Waals surface area contributed by atoms with Crippen LogP contribution in [0.5, 0.6) is 0 Å². The number of aliphatic hydroxyl groups excluding tert-OH is 2. The van der Waals surface area contributed by atoms with Crippen molar-refractivity contribution < 1.29 is 10.2 Å². The molecular weight excluding hydrogens is 136 g/mol. The van der Waals surface area contributed by atoms with Crippen LogP contribution in [-0.4, -0.2) is 23.4 Å². The van der Waals surface area contributed by atoms with Crippen LogP contribution < -0.4 is 0 Å². The van der Waals surface area contributed by atoms with Gasteiger partial charge in [-0.15, -0.1) is 0 Å². The summed E-state index contributed by atoms with van der Waals surface area (Å²) in [6.07, 6.45) is 0. The number of hydrogen-bond acceptors (Lipinski definition) is 3. The molecule has 0 fully saturated rings. The van der Waals surface area contributed by atoms with E-state index in [1.54, 1.807) is 0 Å². The van der Waals surface area contributed by atoms with E-state index in [0.717, 1.165) is 11.8 Å². The minimum absolute atomic E-state index is 0.145. The van der Waals surface area contributed by atoms with E-state index >= 15 is 0 Å². The van der Waals surface area contributed by atoms with Gasteiger partial charge in [0.05, 0.1) is 0 Å². The highest BCUT2D eigenvalue weighted by Gasteiger charge is 1.65. The minimum atomic E-state index is -0.145. The molecule has 48 valence electrons. The monoisotopic (exact) mass is 142 g/mol. The van der Waals surface area contributed by atoms with Crippen LogP contribution in [0.2, 0.25) is 0 Å². The van der Waals surface area contributed by atoms with Crippen LogP contribution in [0.1, 0.15) is 0 Å². The highest BCUT2D eigenvalue weighted by Crippen LogP contribution is 1.89. The van der Waals surface area contributed by atoms with Gasteiger partial charge in [-0.1, -0.05) is 11.8 Å². The van der Waals surface area contributed by atoms with E-state index in [4.69, 9.17) is 10.2 Å². The van der Waals surface area contributed by atoms with Crippen LogP contribution in [0.3, 0.4) is 0 Å². The van der Waals surface area contributed by atoms with Gasteiger partial charge in [0.1, 0.15) is 13.2 Å². The molecule has 0 saturated carbocycles. The summed E-state index contributed by atoms with van der Waals surface area (Å²) in [5, 5.41) is 21.3. The average Bonchev–Trinajstić information content (AvgIpc) is 1.89. The van der Waals surface area contributed by atoms with Gasteiger partial charge >= 0.3 is 0 Å². The molecule has 0 aliphatic rings. The smallest absolute Gasteiger partial charge is 0.105 e. The van der Waals surface area contributed by atoms with Gasteiger partial charge in [0.15, 0.2) is 0 Å². The minimum Gasteiger partial charge on any atom is -0.384 e. The third-order valence-corrected chi connectivity index (χ3v) is 0.897. The van der Waals surface area contributed by atoms with Crippen molar-refractivity contribution in [2.24, 2.45) is 0 Å². The lowest BCUT2D eigenvalue weighted by Gasteiger charge is -1.69. The van der Waals surface area contributed by atoms with E-state index in [-0.39, 0.29) is 13.2 Å². The van der Waals surface area contributed by atoms with Gasteiger partial charge in [-0.25, -0.2) is 0 Å². The maximum atomic E-state index is 8.14. The Bertz CT molecular complexity index is 147. The van der Waals surface area contributed by atoms with Crippen LogP contribution in [0.4, 0.5) is 0 Å². The first-order valence-corrected chi connectivity index (χ1v) is 3.06. The molecular formula is C6H6O2S. The Balaban J connectivity index is 3.28. The van der Waals surface area contributed by atoms with Crippen LogP contribution in [0.15, 0.2) is 0 Å². The second kappa shape index (κ2) is 7.39. The van der Waals surface area contributed by atoms with Gasteiger partial charge in [-0.2, -0.15) is 0 Å². The van der Waals surface area contributed by atoms with Crippen LogP contribution in [0, 0.1) is 22.3 Å². The second-order valence-electron chi connectivity index (χ2n) is 0.976. The molecule has 0 bridgehead atoms. The van der Waals surface area contributed by atoms with E-state index in [1.165, 1.54) is 0 Å². The molecule has 3 heteroatoms. The Morgan fingerprint density at radius 3 is 1.78 bits per heavy atom. The van der Waals surface area contributed by atoms with Crippen molar-refractivity contribution in [1.29, 1.82) is 0 Å². The highest BCUT2D eigenvalue weighted by molar-refractivity contribution is 8.08. The first kappa shape index (κ1) is 8.39. The molecule has 0 unspecified atom stereocenters. The fraction of sp³-hybridized carbons (Fsp3) is 0.333. The van der Waals surface area contributed by atoms with Crippen molar-refractivity contribution in [1.82, 2.24) is 0 Å². The summed E-state index contributed by atoms with van der Waals surface area (Å²) in [5.41, 5.74) is 0. The molecule has 0 aliphatic carbocycles. The Labute approximate surface area is 58.3 Å². The molecule has 0 rings (SSSR count). The van der Waals surface area contributed by atoms with E-state index in [9.17, 15) is 0 Å². The lowest BCUT2D eigenvalue weighted by Crippen LogP contribution is -1.69. The van der Waals surface area contributed by atoms with Crippen LogP contribution in [-0.2, 0) is 0 Å². The van der Waals surface area contributed by atoms with Crippen molar-refractivity contribution in [3.05, 3.63) is 0 Å². The number of rotatable bonds is 0. The van der Waals surface area contributed by atoms with Gasteiger partial charge in [0.25, 0.3) is 0 Å². The third-order valence-electron chi connectivity index (χ3n) is 0.405. The molecule has 0 aromatic carbocycles. The van der Waals surface area contributed by atoms with E-state index in [0.29, 0.717) is 0 Å². The van der Waals surface area contributed by atoms with Crippen molar-refractivity contribution in [3.63, 3.8) is 0 Å². The molecule has 9 heavy (non-hydrogen) atoms. The predicted molar refractivity (Wildman–Crippen MR) is 37.3 cm³/mol. The highest BCUT2D eigenvalue weighted by atomic mass is 32.2. The summed E-state index contributed by atoms with van der Waals surface area (Å²) in [5.74, 6) is 4.78. The summed E-state index contributed by atoms with van der Waals surface area (Å²) >= 11 is 1.06. The van der Waals surface area contributed by atoms with Crippen LogP contribution in [0.25, 0.3) is 0 Å². The molecule has 2 N–H and O–H groups in total. The Hall–Kier alpha value is -0.610. The summed E-state index contributed by atoms with van der Waals surface area (Å²) in [6.45, 7) is -0.290. The number of hydrogen-bond donors (Lipinski definition) is 2. The van der Waals surface area contributed by atoms with Crippen LogP contribution >= 0.6 is 11.8 Å². The standard InChI is InChI=1S/C6H6O2S/c7-3-1-5-9-6-2-4-8/h7-8H,3-4H2. The van der Waals surface area contributed by atoms with Gasteiger partial charge in [0, 0.05) is 11.8 Å². The van der Waals surface area contributed by atoms with Crippen molar-refractivity contribution in [2.45, 2.75) is 0 Å². The third kappa shape index (κ3) is 7.39. The van der Waals surface area contributed by atoms with E-state index < -0.39 is 0 Å². The maximum absolute atomic E-state index is 8.14. The molecule has 0 spiro atoms. The number of thioether (sulfide) groups is 1. The molecule has 2 nitrogen and oxygen atoms in total. The molecule has 0 radical (unpaired) electrons. The largest absolute Gasteiger partial charge is 0.384 e. The summed E-state index contributed by atoms with van der Waals surface area (Å²) in [4.78, 5) is 0. The van der Waals surface area contributed by atoms with Crippen molar-refractivity contribution in [3.8, 4) is 22.3 Å². The quantitative estimate of drug-likeness (QED) is 0.453. The van der Waals surface area contributed by atoms with Gasteiger partial charge in [0.2, 0.25) is 0 Å². The van der Waals surface area contributed by atoms with Crippen molar-refractivity contribution in [2.75, 3.05) is 13.2 Å². The Kier molecular flexibility index (Phi) is 6.89. The first-order chi connectivity index (χ1) is 4.41. The topological polar surface area (TPSA) is 40.5 Å². The Morgan fingerprint density at radius 1 is 1.00 bits per heavy atom. The zero-order valence-corrected chi connectivity index (χ0v) is 5.53.